The van der Waals surface area contributed by atoms with Gasteiger partial charge in [-0.05, 0) is 54.3 Å². The van der Waals surface area contributed by atoms with E-state index in [0.29, 0.717) is 52.4 Å². The molecule has 0 aliphatic heterocycles. The number of aromatic nitrogens is 4. The van der Waals surface area contributed by atoms with Gasteiger partial charge in [-0.1, -0.05) is 39.0 Å². The summed E-state index contributed by atoms with van der Waals surface area (Å²) in [6, 6.07) is 16.9. The van der Waals surface area contributed by atoms with E-state index in [9.17, 15) is 4.79 Å². The maximum Gasteiger partial charge on any atom is 0.255 e. The quantitative estimate of drug-likeness (QED) is 0.371. The third-order valence-corrected chi connectivity index (χ3v) is 5.42. The summed E-state index contributed by atoms with van der Waals surface area (Å²) >= 11 is 0. The zero-order chi connectivity index (χ0) is 24.1. The number of pyridine rings is 1. The highest BCUT2D eigenvalue weighted by atomic mass is 16.5. The van der Waals surface area contributed by atoms with Gasteiger partial charge in [-0.2, -0.15) is 0 Å². The molecule has 0 aliphatic carbocycles. The monoisotopic (exact) mass is 453 g/mol. The van der Waals surface area contributed by atoms with E-state index in [1.807, 2.05) is 62.4 Å². The first kappa shape index (κ1) is 23.0. The number of nitrogens with one attached hydrogen (secondary N) is 1. The van der Waals surface area contributed by atoms with Crippen LogP contribution in [0.25, 0.3) is 11.4 Å². The van der Waals surface area contributed by atoms with Gasteiger partial charge < -0.3 is 10.1 Å². The second-order valence-electron chi connectivity index (χ2n) is 8.25. The van der Waals surface area contributed by atoms with Crippen molar-refractivity contribution in [1.29, 1.82) is 0 Å². The number of nitrogens with zero attached hydrogens (tertiary/aromatic N) is 4. The average molecular weight is 454 g/mol. The minimum Gasteiger partial charge on any atom is -0.438 e. The van der Waals surface area contributed by atoms with Gasteiger partial charge in [0, 0.05) is 29.9 Å². The predicted molar refractivity (Wildman–Crippen MR) is 132 cm³/mol. The van der Waals surface area contributed by atoms with E-state index in [4.69, 9.17) is 4.74 Å². The smallest absolute Gasteiger partial charge is 0.255 e. The molecule has 0 spiro atoms. The van der Waals surface area contributed by atoms with Gasteiger partial charge in [0.05, 0.1) is 5.56 Å². The van der Waals surface area contributed by atoms with Crippen LogP contribution in [0.4, 0.5) is 5.69 Å². The summed E-state index contributed by atoms with van der Waals surface area (Å²) in [5, 5.41) is 2.97. The van der Waals surface area contributed by atoms with Gasteiger partial charge in [0.25, 0.3) is 5.91 Å². The number of carbonyl (C=O) groups excluding carboxylic acids is 1. The number of benzene rings is 2. The van der Waals surface area contributed by atoms with Gasteiger partial charge in [-0.3, -0.25) is 4.79 Å². The summed E-state index contributed by atoms with van der Waals surface area (Å²) in [5.41, 5.74) is 3.93. The standard InChI is InChI=1S/C27H27N5O2/c1-5-24-29-16-30-25(32-24)22-10-7-13-28-27(22)34-23-15-21(12-11-18(23)4)31-26(33)20-9-6-8-19(14-20)17(2)3/h6-17H,5H2,1-4H3,(H,31,33). The summed E-state index contributed by atoms with van der Waals surface area (Å²) in [5.74, 6) is 2.33. The molecule has 172 valence electrons. The number of ether oxygens (including phenoxy) is 1. The van der Waals surface area contributed by atoms with Gasteiger partial charge in [-0.15, -0.1) is 0 Å². The van der Waals surface area contributed by atoms with Crippen molar-refractivity contribution in [2.45, 2.75) is 40.0 Å². The van der Waals surface area contributed by atoms with Crippen LogP contribution in [0.5, 0.6) is 11.6 Å². The Morgan fingerprint density at radius 2 is 1.88 bits per heavy atom. The number of aryl methyl sites for hydroxylation is 2. The number of amides is 1. The highest BCUT2D eigenvalue weighted by molar-refractivity contribution is 6.04. The molecule has 2 heterocycles. The van der Waals surface area contributed by atoms with Crippen molar-refractivity contribution in [1.82, 2.24) is 19.9 Å². The maximum atomic E-state index is 12.9. The van der Waals surface area contributed by atoms with Crippen molar-refractivity contribution < 1.29 is 9.53 Å². The molecule has 4 rings (SSSR count). The molecule has 0 fully saturated rings. The summed E-state index contributed by atoms with van der Waals surface area (Å²) in [4.78, 5) is 30.2. The summed E-state index contributed by atoms with van der Waals surface area (Å²) < 4.78 is 6.18. The Morgan fingerprint density at radius 1 is 1.03 bits per heavy atom. The number of anilines is 1. The second kappa shape index (κ2) is 10.2. The minimum absolute atomic E-state index is 0.173. The SMILES string of the molecule is CCc1ncnc(-c2cccnc2Oc2cc(NC(=O)c3cccc(C(C)C)c3)ccc2C)n1. The van der Waals surface area contributed by atoms with E-state index in [-0.39, 0.29) is 5.91 Å². The highest BCUT2D eigenvalue weighted by Crippen LogP contribution is 2.32. The van der Waals surface area contributed by atoms with Crippen LogP contribution in [0, 0.1) is 6.92 Å². The van der Waals surface area contributed by atoms with Crippen LogP contribution in [0.2, 0.25) is 0 Å². The van der Waals surface area contributed by atoms with Crippen molar-refractivity contribution >= 4 is 11.6 Å². The van der Waals surface area contributed by atoms with E-state index in [1.165, 1.54) is 6.33 Å². The van der Waals surface area contributed by atoms with Crippen LogP contribution in [-0.4, -0.2) is 25.8 Å². The van der Waals surface area contributed by atoms with Crippen molar-refractivity contribution in [3.8, 4) is 23.0 Å². The fraction of sp³-hybridized carbons (Fsp3) is 0.222. The first-order valence-corrected chi connectivity index (χ1v) is 11.3. The molecule has 0 bridgehead atoms. The van der Waals surface area contributed by atoms with Crippen molar-refractivity contribution in [3.63, 3.8) is 0 Å². The van der Waals surface area contributed by atoms with Crippen molar-refractivity contribution in [2.75, 3.05) is 5.32 Å². The lowest BCUT2D eigenvalue weighted by Crippen LogP contribution is -2.12. The fourth-order valence-corrected chi connectivity index (χ4v) is 3.41. The molecule has 0 aliphatic rings. The number of rotatable bonds is 7. The summed E-state index contributed by atoms with van der Waals surface area (Å²) in [7, 11) is 0. The number of carbonyl (C=O) groups is 1. The molecule has 0 saturated carbocycles. The zero-order valence-corrected chi connectivity index (χ0v) is 19.7. The van der Waals surface area contributed by atoms with Gasteiger partial charge >= 0.3 is 0 Å². The third-order valence-electron chi connectivity index (χ3n) is 5.42. The Balaban J connectivity index is 1.59. The van der Waals surface area contributed by atoms with Gasteiger partial charge in [0.15, 0.2) is 5.82 Å². The molecule has 1 N–H and O–H groups in total. The van der Waals surface area contributed by atoms with Crippen LogP contribution >= 0.6 is 0 Å². The average Bonchev–Trinajstić information content (AvgIpc) is 2.86. The Morgan fingerprint density at radius 3 is 2.68 bits per heavy atom. The molecule has 7 heteroatoms. The molecular weight excluding hydrogens is 426 g/mol. The van der Waals surface area contributed by atoms with Gasteiger partial charge in [0.2, 0.25) is 5.88 Å². The molecule has 2 aromatic carbocycles. The topological polar surface area (TPSA) is 89.9 Å². The molecule has 1 amide bonds. The number of hydrogen-bond acceptors (Lipinski definition) is 6. The predicted octanol–water partition coefficient (Wildman–Crippen LogP) is 5.97. The van der Waals surface area contributed by atoms with E-state index >= 15 is 0 Å². The highest BCUT2D eigenvalue weighted by Gasteiger charge is 2.15. The first-order chi connectivity index (χ1) is 16.4. The third kappa shape index (κ3) is 5.26. The van der Waals surface area contributed by atoms with Crippen molar-refractivity contribution in [2.24, 2.45) is 0 Å². The molecule has 34 heavy (non-hydrogen) atoms. The summed E-state index contributed by atoms with van der Waals surface area (Å²) in [6.07, 6.45) is 3.85. The number of hydrogen-bond donors (Lipinski definition) is 1. The fourth-order valence-electron chi connectivity index (χ4n) is 3.41. The van der Waals surface area contributed by atoms with Crippen LogP contribution in [0.15, 0.2) is 67.1 Å². The van der Waals surface area contributed by atoms with Gasteiger partial charge in [-0.25, -0.2) is 19.9 Å². The maximum absolute atomic E-state index is 12.9. The second-order valence-corrected chi connectivity index (χ2v) is 8.25. The molecule has 0 unspecified atom stereocenters. The van der Waals surface area contributed by atoms with E-state index < -0.39 is 0 Å². The van der Waals surface area contributed by atoms with E-state index in [1.54, 1.807) is 12.3 Å². The van der Waals surface area contributed by atoms with Crippen LogP contribution in [0.1, 0.15) is 54.0 Å². The van der Waals surface area contributed by atoms with Crippen LogP contribution in [0.3, 0.4) is 0 Å². The van der Waals surface area contributed by atoms with Crippen molar-refractivity contribution in [3.05, 3.63) is 89.6 Å². The molecule has 0 saturated heterocycles. The lowest BCUT2D eigenvalue weighted by atomic mass is 10.0. The summed E-state index contributed by atoms with van der Waals surface area (Å²) in [6.45, 7) is 8.13. The first-order valence-electron chi connectivity index (χ1n) is 11.3. The van der Waals surface area contributed by atoms with Gasteiger partial charge in [0.1, 0.15) is 17.9 Å². The molecule has 0 radical (unpaired) electrons. The largest absolute Gasteiger partial charge is 0.438 e. The van der Waals surface area contributed by atoms with E-state index in [0.717, 1.165) is 11.1 Å². The molecule has 4 aromatic rings. The zero-order valence-electron chi connectivity index (χ0n) is 19.7. The Kier molecular flexibility index (Phi) is 6.92. The normalized spacial score (nSPS) is 10.9. The minimum atomic E-state index is -0.173. The molecule has 7 nitrogen and oxygen atoms in total. The lowest BCUT2D eigenvalue weighted by Gasteiger charge is -2.13. The lowest BCUT2D eigenvalue weighted by molar-refractivity contribution is 0.102. The molecular formula is C27H27N5O2. The Bertz CT molecular complexity index is 1320. The molecule has 2 aromatic heterocycles. The van der Waals surface area contributed by atoms with Crippen LogP contribution < -0.4 is 10.1 Å². The molecule has 0 atom stereocenters. The van der Waals surface area contributed by atoms with E-state index in [2.05, 4.69) is 39.1 Å². The Labute approximate surface area is 199 Å². The Hall–Kier alpha value is -4.13. The van der Waals surface area contributed by atoms with Crippen LogP contribution in [-0.2, 0) is 6.42 Å².